The zero-order valence-electron chi connectivity index (χ0n) is 10.9. The van der Waals surface area contributed by atoms with Crippen molar-refractivity contribution in [2.24, 2.45) is 0 Å². The molecule has 0 radical (unpaired) electrons. The van der Waals surface area contributed by atoms with E-state index in [1.165, 1.54) is 12.1 Å². The van der Waals surface area contributed by atoms with E-state index in [0.29, 0.717) is 31.0 Å². The maximum atomic E-state index is 11.7. The van der Waals surface area contributed by atoms with Gasteiger partial charge in [-0.05, 0) is 25.0 Å². The molecule has 1 aliphatic rings. The van der Waals surface area contributed by atoms with E-state index in [1.54, 1.807) is 11.0 Å². The van der Waals surface area contributed by atoms with Crippen LogP contribution >= 0.6 is 0 Å². The fraction of sp³-hybridized carbons (Fsp3) is 0.429. The Morgan fingerprint density at radius 2 is 2.21 bits per heavy atom. The van der Waals surface area contributed by atoms with Crippen molar-refractivity contribution in [3.05, 3.63) is 23.8 Å². The predicted molar refractivity (Wildman–Crippen MR) is 70.8 cm³/mol. The zero-order chi connectivity index (χ0) is 13.8. The minimum Gasteiger partial charge on any atom is -0.494 e. The number of aromatic carboxylic acids is 1. The van der Waals surface area contributed by atoms with Gasteiger partial charge in [0.05, 0.1) is 12.2 Å². The Morgan fingerprint density at radius 3 is 2.79 bits per heavy atom. The fourth-order valence-electron chi connectivity index (χ4n) is 2.09. The number of carbonyl (C=O) groups is 2. The lowest BCUT2D eigenvalue weighted by Crippen LogP contribution is -2.24. The van der Waals surface area contributed by atoms with E-state index in [-0.39, 0.29) is 11.5 Å². The van der Waals surface area contributed by atoms with Crippen LogP contribution in [0.5, 0.6) is 5.75 Å². The lowest BCUT2D eigenvalue weighted by atomic mass is 10.1. The molecule has 0 spiro atoms. The van der Waals surface area contributed by atoms with Crippen molar-refractivity contribution in [3.63, 3.8) is 0 Å². The fourth-order valence-corrected chi connectivity index (χ4v) is 2.09. The lowest BCUT2D eigenvalue weighted by Gasteiger charge is -2.17. The van der Waals surface area contributed by atoms with Crippen LogP contribution in [0.4, 0.5) is 5.69 Å². The van der Waals surface area contributed by atoms with Crippen LogP contribution in [0.2, 0.25) is 0 Å². The summed E-state index contributed by atoms with van der Waals surface area (Å²) in [4.78, 5) is 24.5. The third-order valence-corrected chi connectivity index (χ3v) is 3.00. The molecule has 5 heteroatoms. The summed E-state index contributed by atoms with van der Waals surface area (Å²) in [5.41, 5.74) is 0.747. The molecule has 19 heavy (non-hydrogen) atoms. The maximum Gasteiger partial charge on any atom is 0.335 e. The molecule has 0 aliphatic carbocycles. The first-order valence-corrected chi connectivity index (χ1v) is 6.43. The Bertz CT molecular complexity index is 498. The van der Waals surface area contributed by atoms with Crippen LogP contribution in [0, 0.1) is 0 Å². The molecule has 1 fully saturated rings. The summed E-state index contributed by atoms with van der Waals surface area (Å²) in [5.74, 6) is -0.490. The number of carboxylic acids is 1. The van der Waals surface area contributed by atoms with Gasteiger partial charge in [-0.3, -0.25) is 4.79 Å². The third-order valence-electron chi connectivity index (χ3n) is 3.00. The Morgan fingerprint density at radius 1 is 1.42 bits per heavy atom. The maximum absolute atomic E-state index is 11.7. The van der Waals surface area contributed by atoms with Crippen LogP contribution in [-0.2, 0) is 4.79 Å². The summed E-state index contributed by atoms with van der Waals surface area (Å²) in [5, 5.41) is 9.11. The standard InChI is InChI=1S/C14H17NO4/c1-2-6-19-12-8-10(14(17)18)7-11(9-12)15-5-3-4-13(15)16/h7-9H,2-6H2,1H3,(H,17,18). The number of amides is 1. The molecule has 5 nitrogen and oxygen atoms in total. The van der Waals surface area contributed by atoms with Gasteiger partial charge in [0, 0.05) is 24.7 Å². The summed E-state index contributed by atoms with van der Waals surface area (Å²) in [6, 6.07) is 4.73. The summed E-state index contributed by atoms with van der Waals surface area (Å²) >= 11 is 0. The first-order chi connectivity index (χ1) is 9.11. The SMILES string of the molecule is CCCOc1cc(C(=O)O)cc(N2CCCC2=O)c1. The molecule has 0 atom stereocenters. The Labute approximate surface area is 111 Å². The quantitative estimate of drug-likeness (QED) is 0.885. The van der Waals surface area contributed by atoms with Crippen molar-refractivity contribution in [1.29, 1.82) is 0 Å². The van der Waals surface area contributed by atoms with E-state index < -0.39 is 5.97 Å². The zero-order valence-corrected chi connectivity index (χ0v) is 10.9. The van der Waals surface area contributed by atoms with E-state index in [0.717, 1.165) is 12.8 Å². The van der Waals surface area contributed by atoms with E-state index in [9.17, 15) is 9.59 Å². The summed E-state index contributed by atoms with van der Waals surface area (Å²) in [6.07, 6.45) is 2.17. The number of rotatable bonds is 5. The average molecular weight is 263 g/mol. The summed E-state index contributed by atoms with van der Waals surface area (Å²) < 4.78 is 5.48. The molecule has 0 aromatic heterocycles. The Kier molecular flexibility index (Phi) is 4.04. The van der Waals surface area contributed by atoms with Gasteiger partial charge in [-0.15, -0.1) is 0 Å². The topological polar surface area (TPSA) is 66.8 Å². The molecule has 102 valence electrons. The molecule has 1 saturated heterocycles. The third kappa shape index (κ3) is 3.05. The smallest absolute Gasteiger partial charge is 0.335 e. The number of hydrogen-bond donors (Lipinski definition) is 1. The molecule has 1 N–H and O–H groups in total. The van der Waals surface area contributed by atoms with Gasteiger partial charge in [0.1, 0.15) is 5.75 Å². The van der Waals surface area contributed by atoms with Gasteiger partial charge in [0.2, 0.25) is 5.91 Å². The van der Waals surface area contributed by atoms with Crippen LogP contribution in [0.3, 0.4) is 0 Å². The van der Waals surface area contributed by atoms with Gasteiger partial charge in [-0.25, -0.2) is 4.79 Å². The second-order valence-electron chi connectivity index (χ2n) is 4.52. The Balaban J connectivity index is 2.33. The highest BCUT2D eigenvalue weighted by molar-refractivity contribution is 5.97. The van der Waals surface area contributed by atoms with Gasteiger partial charge in [-0.1, -0.05) is 6.92 Å². The number of hydrogen-bond acceptors (Lipinski definition) is 3. The van der Waals surface area contributed by atoms with Crippen molar-refractivity contribution >= 4 is 17.6 Å². The second kappa shape index (κ2) is 5.73. The van der Waals surface area contributed by atoms with E-state index >= 15 is 0 Å². The van der Waals surface area contributed by atoms with Gasteiger partial charge in [0.25, 0.3) is 0 Å². The van der Waals surface area contributed by atoms with E-state index in [2.05, 4.69) is 0 Å². The molecule has 1 aliphatic heterocycles. The van der Waals surface area contributed by atoms with Gasteiger partial charge in [0.15, 0.2) is 0 Å². The number of anilines is 1. The van der Waals surface area contributed by atoms with Crippen molar-refractivity contribution in [2.45, 2.75) is 26.2 Å². The number of carboxylic acid groups (broad SMARTS) is 1. The summed E-state index contributed by atoms with van der Waals surface area (Å²) in [6.45, 7) is 3.14. The highest BCUT2D eigenvalue weighted by atomic mass is 16.5. The van der Waals surface area contributed by atoms with Gasteiger partial charge in [-0.2, -0.15) is 0 Å². The lowest BCUT2D eigenvalue weighted by molar-refractivity contribution is -0.117. The van der Waals surface area contributed by atoms with E-state index in [4.69, 9.17) is 9.84 Å². The molecule has 0 unspecified atom stereocenters. The van der Waals surface area contributed by atoms with Crippen molar-refractivity contribution < 1.29 is 19.4 Å². The average Bonchev–Trinajstić information content (AvgIpc) is 2.82. The van der Waals surface area contributed by atoms with Crippen LogP contribution in [0.1, 0.15) is 36.5 Å². The number of ether oxygens (including phenoxy) is 1. The molecule has 0 bridgehead atoms. The molecule has 2 rings (SSSR count). The highest BCUT2D eigenvalue weighted by Gasteiger charge is 2.23. The first-order valence-electron chi connectivity index (χ1n) is 6.43. The second-order valence-corrected chi connectivity index (χ2v) is 4.52. The van der Waals surface area contributed by atoms with Crippen molar-refractivity contribution in [2.75, 3.05) is 18.1 Å². The normalized spacial score (nSPS) is 14.8. The minimum absolute atomic E-state index is 0.0315. The Hall–Kier alpha value is -2.04. The van der Waals surface area contributed by atoms with Crippen LogP contribution in [0.15, 0.2) is 18.2 Å². The molecule has 1 aromatic carbocycles. The van der Waals surface area contributed by atoms with E-state index in [1.807, 2.05) is 6.92 Å². The van der Waals surface area contributed by atoms with Gasteiger partial charge < -0.3 is 14.7 Å². The molecular formula is C14H17NO4. The predicted octanol–water partition coefficient (Wildman–Crippen LogP) is 2.30. The molecule has 1 aromatic rings. The monoisotopic (exact) mass is 263 g/mol. The molecule has 1 heterocycles. The largest absolute Gasteiger partial charge is 0.494 e. The number of nitrogens with zero attached hydrogens (tertiary/aromatic N) is 1. The molecule has 0 saturated carbocycles. The van der Waals surface area contributed by atoms with Crippen LogP contribution < -0.4 is 9.64 Å². The molecule has 1 amide bonds. The van der Waals surface area contributed by atoms with Crippen LogP contribution in [0.25, 0.3) is 0 Å². The minimum atomic E-state index is -1.02. The van der Waals surface area contributed by atoms with Crippen LogP contribution in [-0.4, -0.2) is 30.1 Å². The van der Waals surface area contributed by atoms with Crippen molar-refractivity contribution in [3.8, 4) is 5.75 Å². The van der Waals surface area contributed by atoms with Crippen molar-refractivity contribution in [1.82, 2.24) is 0 Å². The highest BCUT2D eigenvalue weighted by Crippen LogP contribution is 2.27. The number of benzene rings is 1. The summed E-state index contributed by atoms with van der Waals surface area (Å²) in [7, 11) is 0. The van der Waals surface area contributed by atoms with Gasteiger partial charge >= 0.3 is 5.97 Å². The molecular weight excluding hydrogens is 246 g/mol. The first kappa shape index (κ1) is 13.4. The number of carbonyl (C=O) groups excluding carboxylic acids is 1.